The fourth-order valence-electron chi connectivity index (χ4n) is 1.24. The predicted molar refractivity (Wildman–Crippen MR) is 74.1 cm³/mol. The van der Waals surface area contributed by atoms with Gasteiger partial charge in [0.1, 0.15) is 0 Å². The van der Waals surface area contributed by atoms with E-state index >= 15 is 0 Å². The smallest absolute Gasteiger partial charge is 0.0730 e. The summed E-state index contributed by atoms with van der Waals surface area (Å²) in [5.74, 6) is 0. The molecule has 1 aromatic heterocycles. The minimum absolute atomic E-state index is 0.763. The van der Waals surface area contributed by atoms with E-state index in [0.717, 1.165) is 32.7 Å². The van der Waals surface area contributed by atoms with Gasteiger partial charge in [0.2, 0.25) is 0 Å². The SMILES string of the molecule is C=CCCOCCNCc1cc(C)c(Br)s1. The first kappa shape index (κ1) is 13.9. The molecule has 0 radical (unpaired) electrons. The molecule has 0 bridgehead atoms. The molecule has 0 atom stereocenters. The van der Waals surface area contributed by atoms with Crippen LogP contribution in [0.3, 0.4) is 0 Å². The molecule has 0 amide bonds. The van der Waals surface area contributed by atoms with Gasteiger partial charge in [0.05, 0.1) is 17.0 Å². The Kier molecular flexibility index (Phi) is 6.96. The number of rotatable bonds is 8. The molecule has 0 aliphatic heterocycles. The maximum atomic E-state index is 5.40. The van der Waals surface area contributed by atoms with Crippen molar-refractivity contribution in [3.63, 3.8) is 0 Å². The summed E-state index contributed by atoms with van der Waals surface area (Å²) in [7, 11) is 0. The normalized spacial score (nSPS) is 10.6. The lowest BCUT2D eigenvalue weighted by molar-refractivity contribution is 0.140. The van der Waals surface area contributed by atoms with Crippen LogP contribution < -0.4 is 5.32 Å². The van der Waals surface area contributed by atoms with Gasteiger partial charge in [0.25, 0.3) is 0 Å². The van der Waals surface area contributed by atoms with Crippen molar-refractivity contribution in [1.82, 2.24) is 5.32 Å². The monoisotopic (exact) mass is 303 g/mol. The molecule has 1 heterocycles. The van der Waals surface area contributed by atoms with Gasteiger partial charge in [-0.15, -0.1) is 17.9 Å². The predicted octanol–water partition coefficient (Wildman–Crippen LogP) is 3.50. The van der Waals surface area contributed by atoms with E-state index in [-0.39, 0.29) is 0 Å². The molecule has 0 unspecified atom stereocenters. The summed E-state index contributed by atoms with van der Waals surface area (Å²) in [5.41, 5.74) is 1.31. The zero-order valence-corrected chi connectivity index (χ0v) is 12.0. The Bertz CT molecular complexity index is 305. The van der Waals surface area contributed by atoms with Crippen LogP contribution in [0, 0.1) is 6.92 Å². The van der Waals surface area contributed by atoms with Gasteiger partial charge in [0.15, 0.2) is 0 Å². The first-order chi connectivity index (χ1) is 7.74. The fraction of sp³-hybridized carbons (Fsp3) is 0.500. The molecule has 0 aliphatic carbocycles. The van der Waals surface area contributed by atoms with Gasteiger partial charge in [-0.2, -0.15) is 0 Å². The molecular formula is C12H18BrNOS. The van der Waals surface area contributed by atoms with Gasteiger partial charge < -0.3 is 10.1 Å². The van der Waals surface area contributed by atoms with Crippen molar-refractivity contribution in [2.45, 2.75) is 19.9 Å². The summed E-state index contributed by atoms with van der Waals surface area (Å²) in [6.07, 6.45) is 2.80. The zero-order chi connectivity index (χ0) is 11.8. The highest BCUT2D eigenvalue weighted by molar-refractivity contribution is 9.11. The van der Waals surface area contributed by atoms with E-state index in [4.69, 9.17) is 4.74 Å². The summed E-state index contributed by atoms with van der Waals surface area (Å²) in [6, 6.07) is 2.21. The number of hydrogen-bond donors (Lipinski definition) is 1. The minimum atomic E-state index is 0.763. The lowest BCUT2D eigenvalue weighted by Crippen LogP contribution is -2.18. The van der Waals surface area contributed by atoms with Gasteiger partial charge in [-0.3, -0.25) is 0 Å². The number of halogens is 1. The third-order valence-electron chi connectivity index (χ3n) is 2.10. The van der Waals surface area contributed by atoms with Crippen LogP contribution in [0.25, 0.3) is 0 Å². The maximum absolute atomic E-state index is 5.40. The Labute approximate surface area is 110 Å². The van der Waals surface area contributed by atoms with Crippen LogP contribution in [0.2, 0.25) is 0 Å². The van der Waals surface area contributed by atoms with Crippen LogP contribution in [0.5, 0.6) is 0 Å². The molecule has 16 heavy (non-hydrogen) atoms. The van der Waals surface area contributed by atoms with Gasteiger partial charge in [-0.1, -0.05) is 6.08 Å². The molecule has 0 fully saturated rings. The molecule has 90 valence electrons. The van der Waals surface area contributed by atoms with Crippen molar-refractivity contribution in [1.29, 1.82) is 0 Å². The molecule has 4 heteroatoms. The molecule has 0 spiro atoms. The highest BCUT2D eigenvalue weighted by Gasteiger charge is 2.01. The summed E-state index contributed by atoms with van der Waals surface area (Å²) in [4.78, 5) is 1.36. The molecule has 0 saturated heterocycles. The van der Waals surface area contributed by atoms with Gasteiger partial charge in [0, 0.05) is 18.0 Å². The number of aryl methyl sites for hydroxylation is 1. The van der Waals surface area contributed by atoms with Crippen molar-refractivity contribution >= 4 is 27.3 Å². The second kappa shape index (κ2) is 8.01. The van der Waals surface area contributed by atoms with E-state index in [1.54, 1.807) is 11.3 Å². The van der Waals surface area contributed by atoms with Crippen LogP contribution in [-0.4, -0.2) is 19.8 Å². The third kappa shape index (κ3) is 5.25. The first-order valence-corrected chi connectivity index (χ1v) is 6.99. The van der Waals surface area contributed by atoms with Crippen LogP contribution in [0.4, 0.5) is 0 Å². The Balaban J connectivity index is 2.05. The largest absolute Gasteiger partial charge is 0.380 e. The standard InChI is InChI=1S/C12H18BrNOS/c1-3-4-6-15-7-5-14-9-11-8-10(2)12(13)16-11/h3,8,14H,1,4-7,9H2,2H3. The topological polar surface area (TPSA) is 21.3 Å². The van der Waals surface area contributed by atoms with E-state index in [1.807, 2.05) is 6.08 Å². The number of hydrogen-bond acceptors (Lipinski definition) is 3. The lowest BCUT2D eigenvalue weighted by atomic mass is 10.3. The van der Waals surface area contributed by atoms with Crippen molar-refractivity contribution in [3.05, 3.63) is 32.9 Å². The molecule has 0 saturated carbocycles. The van der Waals surface area contributed by atoms with Crippen molar-refractivity contribution in [3.8, 4) is 0 Å². The summed E-state index contributed by atoms with van der Waals surface area (Å²) < 4.78 is 6.63. The Morgan fingerprint density at radius 1 is 1.56 bits per heavy atom. The molecule has 1 rings (SSSR count). The van der Waals surface area contributed by atoms with Crippen LogP contribution >= 0.6 is 27.3 Å². The Hall–Kier alpha value is -0.160. The van der Waals surface area contributed by atoms with Crippen LogP contribution in [0.1, 0.15) is 16.9 Å². The Morgan fingerprint density at radius 2 is 2.38 bits per heavy atom. The number of nitrogens with one attached hydrogen (secondary N) is 1. The quantitative estimate of drug-likeness (QED) is 0.586. The van der Waals surface area contributed by atoms with Gasteiger partial charge in [-0.05, 0) is 40.9 Å². The van der Waals surface area contributed by atoms with Crippen molar-refractivity contribution in [2.75, 3.05) is 19.8 Å². The molecular weight excluding hydrogens is 286 g/mol. The minimum Gasteiger partial charge on any atom is -0.380 e. The lowest BCUT2D eigenvalue weighted by Gasteiger charge is -2.03. The van der Waals surface area contributed by atoms with E-state index in [1.165, 1.54) is 14.2 Å². The second-order valence-corrected chi connectivity index (χ2v) is 5.99. The maximum Gasteiger partial charge on any atom is 0.0730 e. The molecule has 0 aliphatic rings. The van der Waals surface area contributed by atoms with E-state index < -0.39 is 0 Å². The van der Waals surface area contributed by atoms with Crippen LogP contribution in [-0.2, 0) is 11.3 Å². The summed E-state index contributed by atoms with van der Waals surface area (Å²) in [5, 5.41) is 3.36. The molecule has 2 nitrogen and oxygen atoms in total. The van der Waals surface area contributed by atoms with Crippen molar-refractivity contribution in [2.24, 2.45) is 0 Å². The fourth-order valence-corrected chi connectivity index (χ4v) is 2.83. The zero-order valence-electron chi connectivity index (χ0n) is 9.59. The van der Waals surface area contributed by atoms with E-state index in [9.17, 15) is 0 Å². The average molecular weight is 304 g/mol. The molecule has 1 aromatic rings. The van der Waals surface area contributed by atoms with Crippen LogP contribution in [0.15, 0.2) is 22.5 Å². The number of thiophene rings is 1. The third-order valence-corrected chi connectivity index (χ3v) is 4.23. The van der Waals surface area contributed by atoms with E-state index in [2.05, 4.69) is 40.8 Å². The van der Waals surface area contributed by atoms with Gasteiger partial charge >= 0.3 is 0 Å². The second-order valence-electron chi connectivity index (χ2n) is 3.54. The summed E-state index contributed by atoms with van der Waals surface area (Å²) in [6.45, 7) is 9.11. The van der Waals surface area contributed by atoms with Crippen molar-refractivity contribution < 1.29 is 4.74 Å². The number of ether oxygens (including phenoxy) is 1. The molecule has 1 N–H and O–H groups in total. The summed E-state index contributed by atoms with van der Waals surface area (Å²) >= 11 is 5.31. The molecule has 0 aromatic carbocycles. The highest BCUT2D eigenvalue weighted by Crippen LogP contribution is 2.26. The van der Waals surface area contributed by atoms with E-state index in [0.29, 0.717) is 0 Å². The van der Waals surface area contributed by atoms with Gasteiger partial charge in [-0.25, -0.2) is 0 Å². The average Bonchev–Trinajstić information content (AvgIpc) is 2.57. The highest BCUT2D eigenvalue weighted by atomic mass is 79.9. The Morgan fingerprint density at radius 3 is 3.00 bits per heavy atom. The first-order valence-electron chi connectivity index (χ1n) is 5.38.